The van der Waals surface area contributed by atoms with Crippen LogP contribution in [0, 0.1) is 0 Å². The van der Waals surface area contributed by atoms with Gasteiger partial charge in [0.15, 0.2) is 0 Å². The van der Waals surface area contributed by atoms with Crippen molar-refractivity contribution in [3.8, 4) is 11.5 Å². The summed E-state index contributed by atoms with van der Waals surface area (Å²) in [5.74, 6) is 1.38. The van der Waals surface area contributed by atoms with Crippen molar-refractivity contribution in [3.05, 3.63) is 49.6 Å². The molecule has 0 spiro atoms. The molecule has 1 rings (SSSR count). The molecule has 2 N–H and O–H groups in total. The fraction of sp³-hybridized carbons (Fsp3) is 0.353. The largest absolute Gasteiger partial charge is 0.508 e. The highest BCUT2D eigenvalue weighted by molar-refractivity contribution is 5.60. The molecule has 7 heteroatoms. The Labute approximate surface area is 141 Å². The normalized spacial score (nSPS) is 9.08. The number of aliphatic hydroxyl groups is 2. The molecule has 7 nitrogen and oxygen atoms in total. The fourth-order valence-electron chi connectivity index (χ4n) is 1.25. The minimum absolute atomic E-state index is 0.00274. The molecule has 0 atom stereocenters. The van der Waals surface area contributed by atoms with Gasteiger partial charge in [0.05, 0.1) is 13.2 Å². The summed E-state index contributed by atoms with van der Waals surface area (Å²) < 4.78 is 19.3. The van der Waals surface area contributed by atoms with Crippen molar-refractivity contribution in [3.63, 3.8) is 0 Å². The summed E-state index contributed by atoms with van der Waals surface area (Å²) >= 11 is 0. The average Bonchev–Trinajstić information content (AvgIpc) is 2.62. The maximum absolute atomic E-state index is 10.4. The van der Waals surface area contributed by atoms with Crippen LogP contribution in [0.1, 0.15) is 0 Å². The van der Waals surface area contributed by atoms with Crippen molar-refractivity contribution in [1.29, 1.82) is 0 Å². The number of hydrogen-bond donors (Lipinski definition) is 2. The predicted octanol–water partition coefficient (Wildman–Crippen LogP) is 1.94. The van der Waals surface area contributed by atoms with E-state index in [0.717, 1.165) is 0 Å². The maximum Gasteiger partial charge on any atom is 0.508 e. The van der Waals surface area contributed by atoms with E-state index in [2.05, 4.69) is 22.6 Å². The molecule has 0 aromatic heterocycles. The van der Waals surface area contributed by atoms with Crippen molar-refractivity contribution >= 4 is 6.16 Å². The van der Waals surface area contributed by atoms with Gasteiger partial charge in [-0.25, -0.2) is 4.79 Å². The molecule has 0 fully saturated rings. The lowest BCUT2D eigenvalue weighted by Crippen LogP contribution is -2.06. The molecule has 134 valence electrons. The summed E-state index contributed by atoms with van der Waals surface area (Å²) in [7, 11) is 0. The maximum atomic E-state index is 10.4. The zero-order chi connectivity index (χ0) is 18.0. The highest BCUT2D eigenvalue weighted by atomic mass is 16.7. The SMILES string of the molecule is C=CCOC(=O)OCC=C.OCCOc1ccc(OCCO)cc1. The Balaban J connectivity index is 0.000000470. The Morgan fingerprint density at radius 1 is 0.875 bits per heavy atom. The second-order valence-electron chi connectivity index (χ2n) is 4.06. The van der Waals surface area contributed by atoms with Crippen LogP contribution < -0.4 is 9.47 Å². The topological polar surface area (TPSA) is 94.5 Å². The Morgan fingerprint density at radius 2 is 1.25 bits per heavy atom. The summed E-state index contributed by atoms with van der Waals surface area (Å²) in [6, 6.07) is 7.01. The smallest absolute Gasteiger partial charge is 0.491 e. The van der Waals surface area contributed by atoms with Crippen LogP contribution in [0.3, 0.4) is 0 Å². The second kappa shape index (κ2) is 15.4. The third-order valence-electron chi connectivity index (χ3n) is 2.18. The van der Waals surface area contributed by atoms with Gasteiger partial charge >= 0.3 is 6.16 Å². The van der Waals surface area contributed by atoms with Crippen LogP contribution in [0.4, 0.5) is 4.79 Å². The zero-order valence-electron chi connectivity index (χ0n) is 13.6. The van der Waals surface area contributed by atoms with Crippen molar-refractivity contribution < 1.29 is 34.0 Å². The molecule has 0 unspecified atom stereocenters. The van der Waals surface area contributed by atoms with E-state index in [0.29, 0.717) is 11.5 Å². The summed E-state index contributed by atoms with van der Waals surface area (Å²) in [6.45, 7) is 7.66. The monoisotopic (exact) mass is 340 g/mol. The van der Waals surface area contributed by atoms with E-state index in [1.807, 2.05) is 0 Å². The molecular formula is C17H24O7. The lowest BCUT2D eigenvalue weighted by atomic mass is 10.3. The lowest BCUT2D eigenvalue weighted by molar-refractivity contribution is 0.0718. The van der Waals surface area contributed by atoms with Gasteiger partial charge in [-0.1, -0.05) is 25.3 Å². The van der Waals surface area contributed by atoms with E-state index >= 15 is 0 Å². The first-order valence-electron chi connectivity index (χ1n) is 7.26. The molecular weight excluding hydrogens is 316 g/mol. The third kappa shape index (κ3) is 12.1. The van der Waals surface area contributed by atoms with Gasteiger partial charge in [0, 0.05) is 0 Å². The van der Waals surface area contributed by atoms with E-state index in [-0.39, 0.29) is 39.6 Å². The first-order chi connectivity index (χ1) is 11.7. The lowest BCUT2D eigenvalue weighted by Gasteiger charge is -2.06. The number of hydrogen-bond acceptors (Lipinski definition) is 7. The highest BCUT2D eigenvalue weighted by Crippen LogP contribution is 2.17. The van der Waals surface area contributed by atoms with Gasteiger partial charge in [-0.2, -0.15) is 0 Å². The van der Waals surface area contributed by atoms with E-state index in [1.165, 1.54) is 12.2 Å². The number of ether oxygens (including phenoxy) is 4. The average molecular weight is 340 g/mol. The quantitative estimate of drug-likeness (QED) is 0.496. The number of rotatable bonds is 10. The van der Waals surface area contributed by atoms with Gasteiger partial charge in [0.25, 0.3) is 0 Å². The number of benzene rings is 1. The number of carbonyl (C=O) groups excluding carboxylic acids is 1. The Kier molecular flexibility index (Phi) is 13.8. The Morgan fingerprint density at radius 3 is 1.54 bits per heavy atom. The van der Waals surface area contributed by atoms with Crippen LogP contribution in [0.25, 0.3) is 0 Å². The van der Waals surface area contributed by atoms with E-state index in [4.69, 9.17) is 19.7 Å². The van der Waals surface area contributed by atoms with Crippen LogP contribution in [-0.2, 0) is 9.47 Å². The van der Waals surface area contributed by atoms with Crippen molar-refractivity contribution in [2.24, 2.45) is 0 Å². The van der Waals surface area contributed by atoms with E-state index < -0.39 is 6.16 Å². The minimum Gasteiger partial charge on any atom is -0.491 e. The second-order valence-corrected chi connectivity index (χ2v) is 4.06. The van der Waals surface area contributed by atoms with Crippen LogP contribution in [0.5, 0.6) is 11.5 Å². The standard InChI is InChI=1S/C10H14O4.C7H10O3/c11-5-7-13-9-1-2-10(4-3-9)14-8-6-12;1-3-5-9-7(8)10-6-4-2/h1-4,11-12H,5-8H2;3-4H,1-2,5-6H2. The molecule has 24 heavy (non-hydrogen) atoms. The summed E-state index contributed by atoms with van der Waals surface area (Å²) in [6.07, 6.45) is 2.24. The summed E-state index contributed by atoms with van der Waals surface area (Å²) in [5.41, 5.74) is 0. The number of aliphatic hydroxyl groups excluding tert-OH is 2. The molecule has 0 amide bonds. The zero-order valence-corrected chi connectivity index (χ0v) is 13.6. The Hall–Kier alpha value is -2.51. The molecule has 0 radical (unpaired) electrons. The molecule has 0 saturated carbocycles. The molecule has 0 bridgehead atoms. The molecule has 0 aliphatic carbocycles. The molecule has 0 aliphatic rings. The van der Waals surface area contributed by atoms with Crippen molar-refractivity contribution in [2.75, 3.05) is 39.6 Å². The number of carbonyl (C=O) groups is 1. The predicted molar refractivity (Wildman–Crippen MR) is 89.3 cm³/mol. The molecule has 0 heterocycles. The highest BCUT2D eigenvalue weighted by Gasteiger charge is 1.98. The van der Waals surface area contributed by atoms with E-state index in [1.54, 1.807) is 24.3 Å². The third-order valence-corrected chi connectivity index (χ3v) is 2.18. The van der Waals surface area contributed by atoms with Crippen LogP contribution in [0.15, 0.2) is 49.6 Å². The van der Waals surface area contributed by atoms with Crippen molar-refractivity contribution in [1.82, 2.24) is 0 Å². The van der Waals surface area contributed by atoms with Gasteiger partial charge in [-0.15, -0.1) is 0 Å². The summed E-state index contributed by atoms with van der Waals surface area (Å²) in [5, 5.41) is 17.0. The molecule has 0 saturated heterocycles. The molecule has 1 aromatic rings. The fourth-order valence-corrected chi connectivity index (χ4v) is 1.25. The van der Waals surface area contributed by atoms with Crippen LogP contribution in [-0.4, -0.2) is 56.0 Å². The molecule has 1 aromatic carbocycles. The van der Waals surface area contributed by atoms with Crippen molar-refractivity contribution in [2.45, 2.75) is 0 Å². The van der Waals surface area contributed by atoms with Gasteiger partial charge in [-0.3, -0.25) is 0 Å². The first-order valence-corrected chi connectivity index (χ1v) is 7.26. The Bertz CT molecular complexity index is 416. The van der Waals surface area contributed by atoms with Gasteiger partial charge in [0.1, 0.15) is 37.9 Å². The molecule has 0 aliphatic heterocycles. The van der Waals surface area contributed by atoms with Crippen LogP contribution in [0.2, 0.25) is 0 Å². The van der Waals surface area contributed by atoms with Crippen LogP contribution >= 0.6 is 0 Å². The van der Waals surface area contributed by atoms with Gasteiger partial charge < -0.3 is 29.2 Å². The first kappa shape index (κ1) is 21.5. The minimum atomic E-state index is -0.695. The van der Waals surface area contributed by atoms with Gasteiger partial charge in [-0.05, 0) is 24.3 Å². The summed E-state index contributed by atoms with van der Waals surface area (Å²) in [4.78, 5) is 10.4. The van der Waals surface area contributed by atoms with E-state index in [9.17, 15) is 4.79 Å². The van der Waals surface area contributed by atoms with Gasteiger partial charge in [0.2, 0.25) is 0 Å².